The minimum absolute atomic E-state index is 0.0286. The Morgan fingerprint density at radius 2 is 1.62 bits per heavy atom. The van der Waals surface area contributed by atoms with Gasteiger partial charge < -0.3 is 15.1 Å². The average molecular weight is 428 g/mol. The fourth-order valence-electron chi connectivity index (χ4n) is 4.33. The first-order chi connectivity index (χ1) is 15.7. The molecule has 2 aliphatic heterocycles. The molecule has 0 saturated carbocycles. The zero-order valence-corrected chi connectivity index (χ0v) is 17.8. The second-order valence-corrected chi connectivity index (χ2v) is 8.08. The molecule has 32 heavy (non-hydrogen) atoms. The Kier molecular flexibility index (Phi) is 5.54. The van der Waals surface area contributed by atoms with Gasteiger partial charge in [0.1, 0.15) is 17.3 Å². The average Bonchev–Trinajstić information content (AvgIpc) is 2.84. The summed E-state index contributed by atoms with van der Waals surface area (Å²) in [6, 6.07) is 19.9. The minimum atomic E-state index is -0.162. The van der Waals surface area contributed by atoms with Crippen LogP contribution < -0.4 is 15.1 Å². The molecule has 0 spiro atoms. The van der Waals surface area contributed by atoms with E-state index < -0.39 is 0 Å². The highest BCUT2D eigenvalue weighted by molar-refractivity contribution is 5.99. The number of benzene rings is 2. The quantitative estimate of drug-likeness (QED) is 0.677. The molecule has 1 aromatic heterocycles. The molecular weight excluding hydrogens is 402 g/mol. The number of amides is 2. The molecule has 7 heteroatoms. The maximum atomic E-state index is 13.0. The summed E-state index contributed by atoms with van der Waals surface area (Å²) in [4.78, 5) is 38.8. The van der Waals surface area contributed by atoms with E-state index in [1.807, 2.05) is 58.3 Å². The van der Waals surface area contributed by atoms with Gasteiger partial charge in [0, 0.05) is 37.3 Å². The fourth-order valence-corrected chi connectivity index (χ4v) is 4.33. The van der Waals surface area contributed by atoms with Gasteiger partial charge >= 0.3 is 0 Å². The van der Waals surface area contributed by atoms with Crippen LogP contribution in [-0.2, 0) is 24.1 Å². The van der Waals surface area contributed by atoms with Crippen molar-refractivity contribution in [2.75, 3.05) is 36.0 Å². The highest BCUT2D eigenvalue weighted by Crippen LogP contribution is 2.27. The maximum absolute atomic E-state index is 13.0. The Hall–Kier alpha value is -3.74. The van der Waals surface area contributed by atoms with Crippen LogP contribution in [0.2, 0.25) is 0 Å². The summed E-state index contributed by atoms with van der Waals surface area (Å²) in [7, 11) is 0. The minimum Gasteiger partial charge on any atom is -0.350 e. The summed E-state index contributed by atoms with van der Waals surface area (Å²) in [5, 5.41) is 2.88. The molecule has 162 valence electrons. The second kappa shape index (κ2) is 8.78. The van der Waals surface area contributed by atoms with Crippen LogP contribution in [0.1, 0.15) is 27.4 Å². The molecule has 2 aromatic carbocycles. The number of carbonyl (C=O) groups excluding carboxylic acids is 2. The third kappa shape index (κ3) is 4.06. The number of aromatic nitrogens is 2. The van der Waals surface area contributed by atoms with E-state index in [1.54, 1.807) is 0 Å². The molecular formula is C25H25N5O2. The Bertz CT molecular complexity index is 1130. The van der Waals surface area contributed by atoms with Gasteiger partial charge in [-0.15, -0.1) is 0 Å². The van der Waals surface area contributed by atoms with E-state index in [-0.39, 0.29) is 18.4 Å². The molecule has 0 bridgehead atoms. The van der Waals surface area contributed by atoms with Gasteiger partial charge in [-0.3, -0.25) is 9.59 Å². The van der Waals surface area contributed by atoms with Crippen molar-refractivity contribution in [3.05, 3.63) is 83.3 Å². The van der Waals surface area contributed by atoms with Crippen LogP contribution in [0.5, 0.6) is 0 Å². The van der Waals surface area contributed by atoms with Crippen LogP contribution in [-0.4, -0.2) is 48.0 Å². The Morgan fingerprint density at radius 3 is 2.38 bits per heavy atom. The lowest BCUT2D eigenvalue weighted by molar-refractivity contribution is -0.117. The molecule has 1 fully saturated rings. The summed E-state index contributed by atoms with van der Waals surface area (Å²) in [5.41, 5.74) is 3.40. The molecule has 0 unspecified atom stereocenters. The zero-order valence-electron chi connectivity index (χ0n) is 17.8. The maximum Gasteiger partial charge on any atom is 0.270 e. The van der Waals surface area contributed by atoms with Gasteiger partial charge in [0.2, 0.25) is 5.91 Å². The Labute approximate surface area is 187 Å². The van der Waals surface area contributed by atoms with E-state index in [2.05, 4.69) is 22.4 Å². The van der Waals surface area contributed by atoms with Crippen molar-refractivity contribution in [2.45, 2.75) is 19.3 Å². The van der Waals surface area contributed by atoms with E-state index in [9.17, 15) is 9.59 Å². The number of rotatable bonds is 5. The zero-order chi connectivity index (χ0) is 21.9. The lowest BCUT2D eigenvalue weighted by Gasteiger charge is -2.36. The third-order valence-electron chi connectivity index (χ3n) is 5.98. The van der Waals surface area contributed by atoms with E-state index >= 15 is 0 Å². The first-order valence-corrected chi connectivity index (χ1v) is 11.0. The highest BCUT2D eigenvalue weighted by atomic mass is 16.2. The highest BCUT2D eigenvalue weighted by Gasteiger charge is 2.31. The molecule has 2 amide bonds. The largest absolute Gasteiger partial charge is 0.350 e. The van der Waals surface area contributed by atoms with Crippen LogP contribution >= 0.6 is 0 Å². The number of para-hydroxylation sites is 1. The summed E-state index contributed by atoms with van der Waals surface area (Å²) < 4.78 is 0. The first kappa shape index (κ1) is 20.2. The Balaban J connectivity index is 1.42. The molecule has 1 N–H and O–H groups in total. The number of nitrogens with one attached hydrogen (secondary N) is 1. The van der Waals surface area contributed by atoms with Crippen molar-refractivity contribution in [3.8, 4) is 0 Å². The number of carbonyl (C=O) groups is 2. The topological polar surface area (TPSA) is 78.4 Å². The predicted molar refractivity (Wildman–Crippen MR) is 123 cm³/mol. The van der Waals surface area contributed by atoms with Gasteiger partial charge in [-0.2, -0.15) is 0 Å². The number of fused-ring (bicyclic) bond motifs is 1. The monoisotopic (exact) mass is 427 g/mol. The van der Waals surface area contributed by atoms with E-state index in [0.717, 1.165) is 23.5 Å². The summed E-state index contributed by atoms with van der Waals surface area (Å²) >= 11 is 0. The van der Waals surface area contributed by atoms with Gasteiger partial charge in [-0.1, -0.05) is 48.5 Å². The summed E-state index contributed by atoms with van der Waals surface area (Å²) in [6.07, 6.45) is 2.10. The van der Waals surface area contributed by atoms with E-state index in [1.165, 1.54) is 5.56 Å². The molecule has 3 aromatic rings. The lowest BCUT2D eigenvalue weighted by Crippen LogP contribution is -2.51. The van der Waals surface area contributed by atoms with Gasteiger partial charge in [-0.25, -0.2) is 9.97 Å². The number of hydrogen-bond donors (Lipinski definition) is 1. The van der Waals surface area contributed by atoms with Crippen molar-refractivity contribution in [3.63, 3.8) is 0 Å². The van der Waals surface area contributed by atoms with Gasteiger partial charge in [0.05, 0.1) is 6.54 Å². The molecule has 0 atom stereocenters. The lowest BCUT2D eigenvalue weighted by atomic mass is 10.0. The van der Waals surface area contributed by atoms with Crippen LogP contribution in [0.15, 0.2) is 60.7 Å². The molecule has 1 saturated heterocycles. The predicted octanol–water partition coefficient (Wildman–Crippen LogP) is 2.40. The first-order valence-electron chi connectivity index (χ1n) is 11.0. The standard InChI is InChI=1S/C25H25N5O2/c31-22-17-29(15-16-30(22)19-9-5-2-6-10-19)24-20-13-14-26-25(32)23(20)27-21(28-24)12-11-18-7-3-1-4-8-18/h1-10H,11-17H2,(H,26,32). The summed E-state index contributed by atoms with van der Waals surface area (Å²) in [5.74, 6) is 1.23. The normalized spacial score (nSPS) is 16.0. The van der Waals surface area contributed by atoms with Gasteiger partial charge in [0.15, 0.2) is 0 Å². The van der Waals surface area contributed by atoms with Crippen LogP contribution in [0.4, 0.5) is 11.5 Å². The number of piperazine rings is 1. The van der Waals surface area contributed by atoms with Gasteiger partial charge in [0.25, 0.3) is 5.91 Å². The molecule has 5 rings (SSSR count). The molecule has 0 radical (unpaired) electrons. The van der Waals surface area contributed by atoms with Crippen LogP contribution in [0, 0.1) is 0 Å². The second-order valence-electron chi connectivity index (χ2n) is 8.08. The SMILES string of the molecule is O=C1NCCc2c1nc(CCc1ccccc1)nc2N1CCN(c2ccccc2)C(=O)C1. The summed E-state index contributed by atoms with van der Waals surface area (Å²) in [6.45, 7) is 2.03. The third-order valence-corrected chi connectivity index (χ3v) is 5.98. The van der Waals surface area contributed by atoms with Gasteiger partial charge in [-0.05, 0) is 30.5 Å². The van der Waals surface area contributed by atoms with Crippen molar-refractivity contribution < 1.29 is 9.59 Å². The van der Waals surface area contributed by atoms with E-state index in [0.29, 0.717) is 44.0 Å². The number of hydrogen-bond acceptors (Lipinski definition) is 5. The number of anilines is 2. The van der Waals surface area contributed by atoms with Crippen LogP contribution in [0.3, 0.4) is 0 Å². The van der Waals surface area contributed by atoms with Crippen molar-refractivity contribution in [2.24, 2.45) is 0 Å². The Morgan fingerprint density at radius 1 is 0.875 bits per heavy atom. The van der Waals surface area contributed by atoms with Crippen molar-refractivity contribution in [1.29, 1.82) is 0 Å². The molecule has 2 aliphatic rings. The van der Waals surface area contributed by atoms with Crippen LogP contribution in [0.25, 0.3) is 0 Å². The fraction of sp³-hybridized carbons (Fsp3) is 0.280. The number of aryl methyl sites for hydroxylation is 2. The smallest absolute Gasteiger partial charge is 0.270 e. The molecule has 7 nitrogen and oxygen atoms in total. The molecule has 0 aliphatic carbocycles. The van der Waals surface area contributed by atoms with Crippen molar-refractivity contribution in [1.82, 2.24) is 15.3 Å². The van der Waals surface area contributed by atoms with Crippen molar-refractivity contribution >= 4 is 23.3 Å². The van der Waals surface area contributed by atoms with E-state index in [4.69, 9.17) is 4.98 Å². The number of nitrogens with zero attached hydrogens (tertiary/aromatic N) is 4. The molecule has 3 heterocycles.